The molecular formula is C30H46O4. The molecule has 4 heteroatoms. The van der Waals surface area contributed by atoms with Crippen LogP contribution in [-0.4, -0.2) is 29.6 Å². The van der Waals surface area contributed by atoms with Gasteiger partial charge in [-0.05, 0) is 86.0 Å². The van der Waals surface area contributed by atoms with Crippen LogP contribution in [0.25, 0.3) is 0 Å². The Morgan fingerprint density at radius 1 is 1.18 bits per heavy atom. The highest BCUT2D eigenvalue weighted by Crippen LogP contribution is 2.73. The molecule has 5 aliphatic rings. The quantitative estimate of drug-likeness (QED) is 0.334. The van der Waals surface area contributed by atoms with Crippen LogP contribution in [0.1, 0.15) is 93.4 Å². The van der Waals surface area contributed by atoms with E-state index in [0.717, 1.165) is 31.1 Å². The van der Waals surface area contributed by atoms with Gasteiger partial charge in [0.05, 0.1) is 11.5 Å². The second-order valence-corrected chi connectivity index (χ2v) is 13.5. The van der Waals surface area contributed by atoms with Crippen molar-refractivity contribution in [2.75, 3.05) is 0 Å². The molecule has 3 saturated carbocycles. The monoisotopic (exact) mass is 470 g/mol. The van der Waals surface area contributed by atoms with Crippen LogP contribution in [-0.2, 0) is 19.1 Å². The van der Waals surface area contributed by atoms with Crippen molar-refractivity contribution in [3.05, 3.63) is 12.2 Å². The standard InChI is InChI=1S/C30H46O4/c1-17(2)18(3)10-11-19(4)22-12-13-23-21-15-26-30(34-26)14-8-9-25(32)29(30,7)27(21)24(33-20(5)31)16-28(22,23)6/h8-9,17-19,21-24,26-27H,10-16H2,1-7H3/t18-,19?,21-,22+,23-,24+,26+,27+,28+,29+,30+/m0/s1. The zero-order valence-corrected chi connectivity index (χ0v) is 22.4. The van der Waals surface area contributed by atoms with Crippen molar-refractivity contribution >= 4 is 11.8 Å². The van der Waals surface area contributed by atoms with Gasteiger partial charge in [0.2, 0.25) is 0 Å². The van der Waals surface area contributed by atoms with E-state index in [9.17, 15) is 9.59 Å². The minimum Gasteiger partial charge on any atom is -0.462 e. The third kappa shape index (κ3) is 3.33. The zero-order valence-electron chi connectivity index (χ0n) is 22.4. The Hall–Kier alpha value is -1.16. The molecule has 5 rings (SSSR count). The van der Waals surface area contributed by atoms with Crippen molar-refractivity contribution < 1.29 is 19.1 Å². The average Bonchev–Trinajstić information content (AvgIpc) is 3.35. The van der Waals surface area contributed by atoms with Gasteiger partial charge in [-0.2, -0.15) is 0 Å². The van der Waals surface area contributed by atoms with E-state index in [1.807, 2.05) is 6.08 Å². The van der Waals surface area contributed by atoms with Gasteiger partial charge in [0, 0.05) is 12.8 Å². The van der Waals surface area contributed by atoms with Gasteiger partial charge in [-0.25, -0.2) is 0 Å². The number of epoxide rings is 1. The van der Waals surface area contributed by atoms with E-state index in [1.54, 1.807) is 6.08 Å². The lowest BCUT2D eigenvalue weighted by Crippen LogP contribution is -2.64. The van der Waals surface area contributed by atoms with E-state index < -0.39 is 5.41 Å². The number of ketones is 1. The Balaban J connectivity index is 1.46. The fraction of sp³-hybridized carbons (Fsp3) is 0.867. The smallest absolute Gasteiger partial charge is 0.302 e. The van der Waals surface area contributed by atoms with Gasteiger partial charge in [-0.1, -0.05) is 53.5 Å². The number of hydrogen-bond acceptors (Lipinski definition) is 4. The molecule has 1 heterocycles. The van der Waals surface area contributed by atoms with Crippen molar-refractivity contribution in [1.82, 2.24) is 0 Å². The van der Waals surface area contributed by atoms with Crippen LogP contribution in [0, 0.1) is 52.3 Å². The number of carbonyl (C=O) groups is 2. The van der Waals surface area contributed by atoms with Crippen LogP contribution in [0.2, 0.25) is 0 Å². The van der Waals surface area contributed by atoms with E-state index in [1.165, 1.54) is 32.6 Å². The summed E-state index contributed by atoms with van der Waals surface area (Å²) in [7, 11) is 0. The molecule has 4 aliphatic carbocycles. The van der Waals surface area contributed by atoms with Gasteiger partial charge in [-0.15, -0.1) is 0 Å². The Bertz CT molecular complexity index is 877. The van der Waals surface area contributed by atoms with Crippen molar-refractivity contribution in [1.29, 1.82) is 0 Å². The first-order valence-corrected chi connectivity index (χ1v) is 14.0. The Kier molecular flexibility index (Phi) is 5.90. The van der Waals surface area contributed by atoms with Crippen LogP contribution in [0.3, 0.4) is 0 Å². The summed E-state index contributed by atoms with van der Waals surface area (Å²) in [6.07, 6.45) is 11.5. The summed E-state index contributed by atoms with van der Waals surface area (Å²) in [6, 6.07) is 0. The lowest BCUT2D eigenvalue weighted by atomic mass is 9.44. The maximum absolute atomic E-state index is 13.5. The van der Waals surface area contributed by atoms with E-state index in [2.05, 4.69) is 41.5 Å². The molecule has 0 amide bonds. The Labute approximate surface area is 206 Å². The van der Waals surface area contributed by atoms with Gasteiger partial charge >= 0.3 is 5.97 Å². The normalized spacial score (nSPS) is 48.4. The zero-order chi connectivity index (χ0) is 24.6. The van der Waals surface area contributed by atoms with E-state index in [-0.39, 0.29) is 40.9 Å². The number of rotatable bonds is 6. The lowest BCUT2D eigenvalue weighted by Gasteiger charge is -2.59. The highest BCUT2D eigenvalue weighted by atomic mass is 16.6. The van der Waals surface area contributed by atoms with Crippen molar-refractivity contribution in [2.45, 2.75) is 111 Å². The molecule has 0 aromatic rings. The second-order valence-electron chi connectivity index (χ2n) is 13.5. The first-order chi connectivity index (χ1) is 16.0. The number of esters is 1. The molecule has 11 atom stereocenters. The van der Waals surface area contributed by atoms with Crippen LogP contribution in [0.15, 0.2) is 12.2 Å². The molecular weight excluding hydrogens is 424 g/mol. The van der Waals surface area contributed by atoms with E-state index >= 15 is 0 Å². The molecule has 1 spiro atoms. The van der Waals surface area contributed by atoms with Crippen LogP contribution >= 0.6 is 0 Å². The number of carbonyl (C=O) groups excluding carboxylic acids is 2. The summed E-state index contributed by atoms with van der Waals surface area (Å²) in [6.45, 7) is 15.7. The highest BCUT2D eigenvalue weighted by molar-refractivity contribution is 5.98. The van der Waals surface area contributed by atoms with Gasteiger partial charge < -0.3 is 9.47 Å². The highest BCUT2D eigenvalue weighted by Gasteiger charge is 2.79. The average molecular weight is 471 g/mol. The maximum Gasteiger partial charge on any atom is 0.302 e. The fourth-order valence-corrected chi connectivity index (χ4v) is 9.54. The molecule has 190 valence electrons. The lowest BCUT2D eigenvalue weighted by molar-refractivity contribution is -0.187. The molecule has 1 aliphatic heterocycles. The molecule has 1 unspecified atom stereocenters. The summed E-state index contributed by atoms with van der Waals surface area (Å²) in [5, 5.41) is 0. The topological polar surface area (TPSA) is 55.9 Å². The predicted octanol–water partition coefficient (Wildman–Crippen LogP) is 6.37. The third-order valence-electron chi connectivity index (χ3n) is 11.8. The second kappa shape index (κ2) is 8.18. The minimum absolute atomic E-state index is 0.0562. The summed E-state index contributed by atoms with van der Waals surface area (Å²) >= 11 is 0. The fourth-order valence-electron chi connectivity index (χ4n) is 9.54. The first kappa shape index (κ1) is 24.5. The first-order valence-electron chi connectivity index (χ1n) is 14.0. The Morgan fingerprint density at radius 2 is 1.91 bits per heavy atom. The van der Waals surface area contributed by atoms with Crippen molar-refractivity contribution in [3.8, 4) is 0 Å². The van der Waals surface area contributed by atoms with E-state index in [0.29, 0.717) is 23.7 Å². The summed E-state index contributed by atoms with van der Waals surface area (Å²) in [4.78, 5) is 25.8. The predicted molar refractivity (Wildman–Crippen MR) is 133 cm³/mol. The maximum atomic E-state index is 13.5. The van der Waals surface area contributed by atoms with Crippen LogP contribution in [0.5, 0.6) is 0 Å². The van der Waals surface area contributed by atoms with E-state index in [4.69, 9.17) is 9.47 Å². The molecule has 0 N–H and O–H groups in total. The van der Waals surface area contributed by atoms with Gasteiger partial charge in [-0.3, -0.25) is 9.59 Å². The van der Waals surface area contributed by atoms with Crippen LogP contribution < -0.4 is 0 Å². The molecule has 0 radical (unpaired) electrons. The van der Waals surface area contributed by atoms with Crippen molar-refractivity contribution in [3.63, 3.8) is 0 Å². The number of hydrogen-bond donors (Lipinski definition) is 0. The minimum atomic E-state index is -0.590. The largest absolute Gasteiger partial charge is 0.462 e. The molecule has 34 heavy (non-hydrogen) atoms. The Morgan fingerprint density at radius 3 is 2.59 bits per heavy atom. The molecule has 0 aromatic carbocycles. The van der Waals surface area contributed by atoms with Crippen molar-refractivity contribution in [2.24, 2.45) is 52.3 Å². The molecule has 1 saturated heterocycles. The summed E-state index contributed by atoms with van der Waals surface area (Å²) in [5.74, 6) is 3.79. The van der Waals surface area contributed by atoms with Crippen LogP contribution in [0.4, 0.5) is 0 Å². The molecule has 0 aromatic heterocycles. The third-order valence-corrected chi connectivity index (χ3v) is 11.8. The SMILES string of the molecule is CC(=O)O[C@@H]1C[C@]2(C)[C@@H](C(C)CC[C@H](C)C(C)C)CC[C@H]2[C@@H]2C[C@H]3O[C@]34CC=CC(=O)[C@]4(C)[C@H]21. The summed E-state index contributed by atoms with van der Waals surface area (Å²) < 4.78 is 12.6. The summed E-state index contributed by atoms with van der Waals surface area (Å²) in [5.41, 5.74) is -0.807. The van der Waals surface area contributed by atoms with Gasteiger partial charge in [0.15, 0.2) is 5.78 Å². The molecule has 4 fully saturated rings. The molecule has 0 bridgehead atoms. The van der Waals surface area contributed by atoms with Gasteiger partial charge in [0.1, 0.15) is 11.7 Å². The number of allylic oxidation sites excluding steroid dienone is 1. The number of ether oxygens (including phenoxy) is 2. The van der Waals surface area contributed by atoms with Gasteiger partial charge in [0.25, 0.3) is 0 Å². The number of fused-ring (bicyclic) bond motifs is 4. The molecule has 4 nitrogen and oxygen atoms in total.